The number of ether oxygens (including phenoxy) is 1. The zero-order valence-corrected chi connectivity index (χ0v) is 12.5. The first-order chi connectivity index (χ1) is 10.0. The third-order valence-corrected chi connectivity index (χ3v) is 2.91. The van der Waals surface area contributed by atoms with Crippen molar-refractivity contribution in [1.29, 1.82) is 0 Å². The second-order valence-corrected chi connectivity index (χ2v) is 5.16. The summed E-state index contributed by atoms with van der Waals surface area (Å²) in [4.78, 5) is 33.9. The second-order valence-electron chi connectivity index (χ2n) is 4.38. The highest BCUT2D eigenvalue weighted by atomic mass is 79.9. The molecule has 1 aromatic heterocycles. The Morgan fingerprint density at radius 3 is 2.76 bits per heavy atom. The molecular formula is C13H13BrN2O5. The Labute approximate surface area is 128 Å². The first kappa shape index (κ1) is 15.3. The summed E-state index contributed by atoms with van der Waals surface area (Å²) >= 11 is 3.13. The molecule has 1 heterocycles. The van der Waals surface area contributed by atoms with E-state index in [9.17, 15) is 14.4 Å². The molecule has 0 saturated heterocycles. The van der Waals surface area contributed by atoms with Crippen LogP contribution in [0.5, 0.6) is 0 Å². The van der Waals surface area contributed by atoms with E-state index in [4.69, 9.17) is 4.42 Å². The Morgan fingerprint density at radius 2 is 2.14 bits per heavy atom. The quantitative estimate of drug-likeness (QED) is 0.616. The van der Waals surface area contributed by atoms with Gasteiger partial charge in [-0.2, -0.15) is 0 Å². The molecule has 0 aliphatic heterocycles. The van der Waals surface area contributed by atoms with Crippen LogP contribution in [0.2, 0.25) is 0 Å². The van der Waals surface area contributed by atoms with Gasteiger partial charge in [-0.15, -0.1) is 0 Å². The van der Waals surface area contributed by atoms with E-state index in [1.54, 1.807) is 12.1 Å². The topological polar surface area (TPSA) is 97.6 Å². The summed E-state index contributed by atoms with van der Waals surface area (Å²) in [6.45, 7) is -0.525. The van der Waals surface area contributed by atoms with Gasteiger partial charge in [0.25, 0.3) is 5.91 Å². The monoisotopic (exact) mass is 356 g/mol. The van der Waals surface area contributed by atoms with Gasteiger partial charge in [-0.3, -0.25) is 10.1 Å². The number of halogens is 1. The summed E-state index contributed by atoms with van der Waals surface area (Å²) in [6.07, 6.45) is 4.38. The van der Waals surface area contributed by atoms with E-state index in [-0.39, 0.29) is 6.04 Å². The van der Waals surface area contributed by atoms with Crippen molar-refractivity contribution in [2.75, 3.05) is 6.61 Å². The number of urea groups is 1. The average molecular weight is 357 g/mol. The van der Waals surface area contributed by atoms with Gasteiger partial charge in [0, 0.05) is 12.1 Å². The molecule has 21 heavy (non-hydrogen) atoms. The molecule has 112 valence electrons. The van der Waals surface area contributed by atoms with E-state index in [1.165, 1.54) is 6.08 Å². The van der Waals surface area contributed by atoms with Crippen molar-refractivity contribution in [1.82, 2.24) is 10.6 Å². The Morgan fingerprint density at radius 1 is 1.38 bits per heavy atom. The van der Waals surface area contributed by atoms with Crippen molar-refractivity contribution in [3.63, 3.8) is 0 Å². The molecule has 2 rings (SSSR count). The molecule has 1 aromatic rings. The van der Waals surface area contributed by atoms with Crippen LogP contribution >= 0.6 is 15.9 Å². The number of furan rings is 1. The van der Waals surface area contributed by atoms with Crippen LogP contribution in [0, 0.1) is 0 Å². The van der Waals surface area contributed by atoms with Crippen LogP contribution in [0.3, 0.4) is 0 Å². The third kappa shape index (κ3) is 5.82. The fourth-order valence-electron chi connectivity index (χ4n) is 1.36. The van der Waals surface area contributed by atoms with E-state index in [0.29, 0.717) is 10.4 Å². The zero-order valence-electron chi connectivity index (χ0n) is 10.9. The standard InChI is InChI=1S/C13H13BrN2O5/c14-10-5-3-9(21-10)4-6-12(18)20-7-11(17)16-13(19)15-8-1-2-8/h3-6,8H,1-2,7H2,(H2,15,16,17,19)/b6-4+. The largest absolute Gasteiger partial charge is 0.452 e. The fourth-order valence-corrected chi connectivity index (χ4v) is 1.68. The molecule has 1 aliphatic rings. The summed E-state index contributed by atoms with van der Waals surface area (Å²) < 4.78 is 10.4. The number of amides is 3. The minimum absolute atomic E-state index is 0.149. The van der Waals surface area contributed by atoms with Gasteiger partial charge in [0.15, 0.2) is 11.3 Å². The van der Waals surface area contributed by atoms with Crippen molar-refractivity contribution in [2.45, 2.75) is 18.9 Å². The summed E-state index contributed by atoms with van der Waals surface area (Å²) in [7, 11) is 0. The van der Waals surface area contributed by atoms with Crippen LogP contribution in [-0.4, -0.2) is 30.6 Å². The van der Waals surface area contributed by atoms with Gasteiger partial charge in [-0.1, -0.05) is 0 Å². The minimum atomic E-state index is -0.708. The molecule has 1 fully saturated rings. The minimum Gasteiger partial charge on any atom is -0.452 e. The smallest absolute Gasteiger partial charge is 0.331 e. The molecule has 0 spiro atoms. The van der Waals surface area contributed by atoms with Crippen LogP contribution < -0.4 is 10.6 Å². The molecule has 0 aromatic carbocycles. The number of imide groups is 1. The van der Waals surface area contributed by atoms with E-state index >= 15 is 0 Å². The lowest BCUT2D eigenvalue weighted by molar-refractivity contribution is -0.143. The lowest BCUT2D eigenvalue weighted by Gasteiger charge is -2.05. The van der Waals surface area contributed by atoms with Crippen LogP contribution in [0.4, 0.5) is 4.79 Å². The Bertz CT molecular complexity index is 577. The van der Waals surface area contributed by atoms with Crippen LogP contribution in [0.1, 0.15) is 18.6 Å². The Kier molecular flexibility index (Phi) is 5.15. The first-order valence-corrected chi connectivity index (χ1v) is 7.03. The molecule has 7 nitrogen and oxygen atoms in total. The lowest BCUT2D eigenvalue weighted by Crippen LogP contribution is -2.42. The van der Waals surface area contributed by atoms with Gasteiger partial charge in [-0.05, 0) is 47.0 Å². The van der Waals surface area contributed by atoms with Crippen molar-refractivity contribution >= 4 is 39.9 Å². The average Bonchev–Trinajstić information content (AvgIpc) is 3.13. The first-order valence-electron chi connectivity index (χ1n) is 6.23. The predicted molar refractivity (Wildman–Crippen MR) is 76.1 cm³/mol. The number of hydrogen-bond acceptors (Lipinski definition) is 5. The maximum absolute atomic E-state index is 11.4. The maximum Gasteiger partial charge on any atom is 0.331 e. The molecule has 0 unspecified atom stereocenters. The van der Waals surface area contributed by atoms with E-state index < -0.39 is 24.5 Å². The molecule has 0 radical (unpaired) electrons. The predicted octanol–water partition coefficient (Wildman–Crippen LogP) is 1.59. The normalized spacial score (nSPS) is 14.0. The number of hydrogen-bond donors (Lipinski definition) is 2. The Balaban J connectivity index is 1.66. The van der Waals surface area contributed by atoms with Crippen LogP contribution in [0.15, 0.2) is 27.3 Å². The van der Waals surface area contributed by atoms with Crippen LogP contribution in [-0.2, 0) is 14.3 Å². The fraction of sp³-hybridized carbons (Fsp3) is 0.308. The molecule has 3 amide bonds. The molecule has 0 atom stereocenters. The van der Waals surface area contributed by atoms with Crippen molar-refractivity contribution in [2.24, 2.45) is 0 Å². The number of carbonyl (C=O) groups excluding carboxylic acids is 3. The lowest BCUT2D eigenvalue weighted by atomic mass is 10.4. The number of esters is 1. The second kappa shape index (κ2) is 7.07. The summed E-state index contributed by atoms with van der Waals surface area (Å²) in [5, 5.41) is 4.65. The summed E-state index contributed by atoms with van der Waals surface area (Å²) in [5.41, 5.74) is 0. The molecular weight excluding hydrogens is 344 g/mol. The zero-order chi connectivity index (χ0) is 15.2. The highest BCUT2D eigenvalue weighted by Crippen LogP contribution is 2.18. The van der Waals surface area contributed by atoms with Gasteiger partial charge in [0.1, 0.15) is 5.76 Å². The Hall–Kier alpha value is -2.09. The molecule has 2 N–H and O–H groups in total. The van der Waals surface area contributed by atoms with Crippen molar-refractivity contribution in [3.05, 3.63) is 28.6 Å². The molecule has 8 heteroatoms. The van der Waals surface area contributed by atoms with Gasteiger partial charge < -0.3 is 14.5 Å². The summed E-state index contributed by atoms with van der Waals surface area (Å²) in [5.74, 6) is -0.928. The van der Waals surface area contributed by atoms with Crippen molar-refractivity contribution < 1.29 is 23.5 Å². The SMILES string of the molecule is O=C(COC(=O)/C=C/c1ccc(Br)o1)NC(=O)NC1CC1. The van der Waals surface area contributed by atoms with Gasteiger partial charge >= 0.3 is 12.0 Å². The highest BCUT2D eigenvalue weighted by Gasteiger charge is 2.23. The van der Waals surface area contributed by atoms with Gasteiger partial charge in [0.2, 0.25) is 0 Å². The molecule has 0 bridgehead atoms. The number of nitrogens with one attached hydrogen (secondary N) is 2. The number of carbonyl (C=O) groups is 3. The summed E-state index contributed by atoms with van der Waals surface area (Å²) in [6, 6.07) is 2.91. The third-order valence-electron chi connectivity index (χ3n) is 2.49. The maximum atomic E-state index is 11.4. The molecule has 1 saturated carbocycles. The van der Waals surface area contributed by atoms with Crippen LogP contribution in [0.25, 0.3) is 6.08 Å². The van der Waals surface area contributed by atoms with E-state index in [0.717, 1.165) is 18.9 Å². The van der Waals surface area contributed by atoms with Crippen molar-refractivity contribution in [3.8, 4) is 0 Å². The van der Waals surface area contributed by atoms with Gasteiger partial charge in [0.05, 0.1) is 0 Å². The van der Waals surface area contributed by atoms with E-state index in [2.05, 4.69) is 31.3 Å². The van der Waals surface area contributed by atoms with E-state index in [1.807, 2.05) is 0 Å². The van der Waals surface area contributed by atoms with Gasteiger partial charge in [-0.25, -0.2) is 9.59 Å². The highest BCUT2D eigenvalue weighted by molar-refractivity contribution is 9.10. The number of rotatable bonds is 5. The molecule has 1 aliphatic carbocycles.